The minimum absolute atomic E-state index is 0.542. The third-order valence-corrected chi connectivity index (χ3v) is 3.22. The van der Waals surface area contributed by atoms with Crippen LogP contribution in [0.25, 0.3) is 0 Å². The third-order valence-electron chi connectivity index (χ3n) is 3.22. The molecule has 0 amide bonds. The van der Waals surface area contributed by atoms with Gasteiger partial charge in [0.15, 0.2) is 0 Å². The quantitative estimate of drug-likeness (QED) is 0.479. The molecule has 0 aliphatic carbocycles. The first-order valence-corrected chi connectivity index (χ1v) is 6.64. The summed E-state index contributed by atoms with van der Waals surface area (Å²) in [5, 5.41) is 0. The van der Waals surface area contributed by atoms with Crippen molar-refractivity contribution in [3.05, 3.63) is 36.1 Å². The summed E-state index contributed by atoms with van der Waals surface area (Å²) in [4.78, 5) is 2.24. The van der Waals surface area contributed by atoms with Crippen LogP contribution in [-0.2, 0) is 4.74 Å². The van der Waals surface area contributed by atoms with Gasteiger partial charge in [-0.15, -0.1) is 0 Å². The topological polar surface area (TPSA) is 12.5 Å². The fourth-order valence-corrected chi connectivity index (χ4v) is 2.23. The molecule has 0 aromatic heterocycles. The molecule has 0 aromatic carbocycles. The Kier molecular flexibility index (Phi) is 8.47. The molecule has 2 atom stereocenters. The van der Waals surface area contributed by atoms with Crippen LogP contribution in [0.1, 0.15) is 27.2 Å². The Balaban J connectivity index is 4.52. The molecule has 2 nitrogen and oxygen atoms in total. The second kappa shape index (κ2) is 8.98. The van der Waals surface area contributed by atoms with Gasteiger partial charge in [-0.3, -0.25) is 0 Å². The van der Waals surface area contributed by atoms with Gasteiger partial charge in [-0.2, -0.15) is 0 Å². The summed E-state index contributed by atoms with van der Waals surface area (Å²) < 4.78 is 5.09. The number of rotatable bonds is 8. The molecule has 0 saturated carbocycles. The van der Waals surface area contributed by atoms with E-state index < -0.39 is 0 Å². The van der Waals surface area contributed by atoms with Crippen LogP contribution >= 0.6 is 0 Å². The average molecular weight is 251 g/mol. The highest BCUT2D eigenvalue weighted by Gasteiger charge is 2.17. The van der Waals surface area contributed by atoms with E-state index in [4.69, 9.17) is 4.74 Å². The fraction of sp³-hybridized carbons (Fsp3) is 0.625. The Hall–Kier alpha value is -1.02. The van der Waals surface area contributed by atoms with Crippen molar-refractivity contribution in [3.8, 4) is 0 Å². The van der Waals surface area contributed by atoms with Crippen LogP contribution < -0.4 is 0 Å². The predicted octanol–water partition coefficient (Wildman–Crippen LogP) is 3.87. The predicted molar refractivity (Wildman–Crippen MR) is 80.5 cm³/mol. The Labute approximate surface area is 113 Å². The van der Waals surface area contributed by atoms with Gasteiger partial charge in [0, 0.05) is 6.54 Å². The second-order valence-electron chi connectivity index (χ2n) is 5.17. The van der Waals surface area contributed by atoms with Crippen molar-refractivity contribution in [1.29, 1.82) is 0 Å². The summed E-state index contributed by atoms with van der Waals surface area (Å²) in [5.74, 6) is 2.07. The molecule has 18 heavy (non-hydrogen) atoms. The van der Waals surface area contributed by atoms with E-state index in [-0.39, 0.29) is 0 Å². The van der Waals surface area contributed by atoms with Gasteiger partial charge in [-0.1, -0.05) is 38.2 Å². The summed E-state index contributed by atoms with van der Waals surface area (Å²) >= 11 is 0. The summed E-state index contributed by atoms with van der Waals surface area (Å²) in [7, 11) is 5.92. The maximum Gasteiger partial charge on any atom is 0.0924 e. The lowest BCUT2D eigenvalue weighted by Gasteiger charge is -2.26. The summed E-state index contributed by atoms with van der Waals surface area (Å²) in [6.07, 6.45) is 7.22. The van der Waals surface area contributed by atoms with E-state index in [1.165, 1.54) is 5.57 Å². The Morgan fingerprint density at radius 1 is 1.39 bits per heavy atom. The zero-order chi connectivity index (χ0) is 14.1. The summed E-state index contributed by atoms with van der Waals surface area (Å²) in [6.45, 7) is 11.8. The minimum atomic E-state index is 0.542. The lowest BCUT2D eigenvalue weighted by atomic mass is 9.85. The van der Waals surface area contributed by atoms with Crippen LogP contribution in [0.15, 0.2) is 36.1 Å². The average Bonchev–Trinajstić information content (AvgIpc) is 2.28. The zero-order valence-electron chi connectivity index (χ0n) is 12.9. The van der Waals surface area contributed by atoms with Crippen molar-refractivity contribution in [1.82, 2.24) is 4.90 Å². The maximum atomic E-state index is 5.09. The highest BCUT2D eigenvalue weighted by molar-refractivity contribution is 5.23. The smallest absolute Gasteiger partial charge is 0.0924 e. The van der Waals surface area contributed by atoms with Crippen molar-refractivity contribution >= 4 is 0 Å². The second-order valence-corrected chi connectivity index (χ2v) is 5.17. The largest absolute Gasteiger partial charge is 0.501 e. The van der Waals surface area contributed by atoms with Gasteiger partial charge >= 0.3 is 0 Å². The van der Waals surface area contributed by atoms with Gasteiger partial charge in [-0.05, 0) is 45.4 Å². The summed E-state index contributed by atoms with van der Waals surface area (Å²) in [5.41, 5.74) is 1.20. The molecule has 0 saturated heterocycles. The molecule has 0 unspecified atom stereocenters. The monoisotopic (exact) mass is 251 g/mol. The molecule has 0 fully saturated rings. The first kappa shape index (κ1) is 17.0. The fourth-order valence-electron chi connectivity index (χ4n) is 2.23. The van der Waals surface area contributed by atoms with Crippen molar-refractivity contribution in [2.75, 3.05) is 27.7 Å². The van der Waals surface area contributed by atoms with Crippen LogP contribution in [-0.4, -0.2) is 32.6 Å². The van der Waals surface area contributed by atoms with Gasteiger partial charge < -0.3 is 9.64 Å². The van der Waals surface area contributed by atoms with Crippen LogP contribution in [0.3, 0.4) is 0 Å². The number of hydrogen-bond donors (Lipinski definition) is 0. The number of allylic oxidation sites excluding steroid dienone is 5. The number of ether oxygens (including phenoxy) is 1. The summed E-state index contributed by atoms with van der Waals surface area (Å²) in [6, 6.07) is 0. The van der Waals surface area contributed by atoms with Crippen LogP contribution in [0, 0.1) is 11.8 Å². The van der Waals surface area contributed by atoms with Gasteiger partial charge in [0.2, 0.25) is 0 Å². The molecule has 0 spiro atoms. The zero-order valence-corrected chi connectivity index (χ0v) is 12.9. The molecule has 0 aliphatic heterocycles. The van der Waals surface area contributed by atoms with Gasteiger partial charge in [0.05, 0.1) is 12.9 Å². The Morgan fingerprint density at radius 2 is 2.00 bits per heavy atom. The number of nitrogens with zero attached hydrogens (tertiary/aromatic N) is 1. The van der Waals surface area contributed by atoms with Crippen LogP contribution in [0.2, 0.25) is 0 Å². The van der Waals surface area contributed by atoms with Gasteiger partial charge in [0.1, 0.15) is 0 Å². The van der Waals surface area contributed by atoms with Crippen molar-refractivity contribution in [2.45, 2.75) is 27.2 Å². The molecular formula is C16H29NO. The Morgan fingerprint density at radius 3 is 2.44 bits per heavy atom. The lowest BCUT2D eigenvalue weighted by molar-refractivity contribution is 0.283. The van der Waals surface area contributed by atoms with E-state index >= 15 is 0 Å². The van der Waals surface area contributed by atoms with E-state index in [0.717, 1.165) is 18.7 Å². The number of hydrogen-bond acceptors (Lipinski definition) is 2. The van der Waals surface area contributed by atoms with Crippen LogP contribution in [0.4, 0.5) is 0 Å². The molecule has 2 heteroatoms. The SMILES string of the molecule is C=C(/C=C\C=C(/C)OC)[C@H](CC)[C@@H](C)CN(C)C. The van der Waals surface area contributed by atoms with E-state index in [2.05, 4.69) is 45.5 Å². The minimum Gasteiger partial charge on any atom is -0.501 e. The van der Waals surface area contributed by atoms with E-state index in [9.17, 15) is 0 Å². The van der Waals surface area contributed by atoms with E-state index in [0.29, 0.717) is 11.8 Å². The molecular weight excluding hydrogens is 222 g/mol. The molecule has 104 valence electrons. The number of methoxy groups -OCH3 is 1. The lowest BCUT2D eigenvalue weighted by Crippen LogP contribution is -2.25. The molecule has 0 aromatic rings. The normalized spacial score (nSPS) is 16.1. The van der Waals surface area contributed by atoms with Crippen molar-refractivity contribution in [3.63, 3.8) is 0 Å². The standard InChI is InChI=1S/C16H29NO/c1-8-16(14(3)12-17(5)6)13(2)10-9-11-15(4)18-7/h9-11,14,16H,2,8,12H2,1,3-7H3/b10-9-,15-11+/t14-,16-/m0/s1. The van der Waals surface area contributed by atoms with Gasteiger partial charge in [-0.25, -0.2) is 0 Å². The highest BCUT2D eigenvalue weighted by Crippen LogP contribution is 2.24. The molecule has 0 heterocycles. The third kappa shape index (κ3) is 6.65. The molecule has 0 N–H and O–H groups in total. The highest BCUT2D eigenvalue weighted by atomic mass is 16.5. The molecule has 0 radical (unpaired) electrons. The van der Waals surface area contributed by atoms with Gasteiger partial charge in [0.25, 0.3) is 0 Å². The molecule has 0 bridgehead atoms. The first-order chi connectivity index (χ1) is 8.42. The van der Waals surface area contributed by atoms with E-state index in [1.54, 1.807) is 7.11 Å². The van der Waals surface area contributed by atoms with E-state index in [1.807, 2.05) is 19.1 Å². The van der Waals surface area contributed by atoms with Crippen molar-refractivity contribution < 1.29 is 4.74 Å². The first-order valence-electron chi connectivity index (χ1n) is 6.64. The maximum absolute atomic E-state index is 5.09. The molecule has 0 aliphatic rings. The van der Waals surface area contributed by atoms with Crippen LogP contribution in [0.5, 0.6) is 0 Å². The molecule has 0 rings (SSSR count). The van der Waals surface area contributed by atoms with Crippen molar-refractivity contribution in [2.24, 2.45) is 11.8 Å². The Bertz CT molecular complexity index is 302.